The van der Waals surface area contributed by atoms with Crippen LogP contribution in [0.15, 0.2) is 29.9 Å². The number of anilines is 1. The first-order valence-corrected chi connectivity index (χ1v) is 4.08. The standard InChI is InChI=1S/C7H7N3S/c8-6-5-11-7(9-6)10-3-1-2-4-10/h1-5H,8H2. The molecular weight excluding hydrogens is 158 g/mol. The minimum absolute atomic E-state index is 0.582. The Morgan fingerprint density at radius 1 is 1.36 bits per heavy atom. The molecule has 0 fully saturated rings. The van der Waals surface area contributed by atoms with Gasteiger partial charge in [-0.1, -0.05) is 0 Å². The fraction of sp³-hybridized carbons (Fsp3) is 0. The highest BCUT2D eigenvalue weighted by Crippen LogP contribution is 2.15. The highest BCUT2D eigenvalue weighted by Gasteiger charge is 1.98. The van der Waals surface area contributed by atoms with Crippen LogP contribution in [0.1, 0.15) is 0 Å². The Kier molecular flexibility index (Phi) is 1.40. The van der Waals surface area contributed by atoms with Gasteiger partial charge in [0.05, 0.1) is 0 Å². The van der Waals surface area contributed by atoms with Crippen LogP contribution in [0.5, 0.6) is 0 Å². The summed E-state index contributed by atoms with van der Waals surface area (Å²) < 4.78 is 1.93. The first kappa shape index (κ1) is 6.42. The third-order valence-corrected chi connectivity index (χ3v) is 2.21. The van der Waals surface area contributed by atoms with Crippen molar-refractivity contribution in [2.75, 3.05) is 5.73 Å². The van der Waals surface area contributed by atoms with Gasteiger partial charge in [-0.15, -0.1) is 11.3 Å². The molecule has 0 atom stereocenters. The number of hydrogen-bond acceptors (Lipinski definition) is 3. The van der Waals surface area contributed by atoms with Crippen LogP contribution in [0.25, 0.3) is 5.13 Å². The molecule has 2 aromatic heterocycles. The van der Waals surface area contributed by atoms with Crippen molar-refractivity contribution in [3.8, 4) is 5.13 Å². The van der Waals surface area contributed by atoms with Gasteiger partial charge < -0.3 is 10.3 Å². The average Bonchev–Trinajstić information content (AvgIpc) is 2.55. The minimum atomic E-state index is 0.582. The lowest BCUT2D eigenvalue weighted by molar-refractivity contribution is 1.05. The molecule has 0 aliphatic heterocycles. The summed E-state index contributed by atoms with van der Waals surface area (Å²) in [4.78, 5) is 4.11. The van der Waals surface area contributed by atoms with Crippen LogP contribution >= 0.6 is 11.3 Å². The van der Waals surface area contributed by atoms with E-state index in [2.05, 4.69) is 4.98 Å². The number of nitrogens with zero attached hydrogens (tertiary/aromatic N) is 2. The molecular formula is C7H7N3S. The van der Waals surface area contributed by atoms with E-state index in [1.165, 1.54) is 11.3 Å². The Balaban J connectivity index is 2.45. The van der Waals surface area contributed by atoms with Gasteiger partial charge in [-0.2, -0.15) is 0 Å². The van der Waals surface area contributed by atoms with Crippen LogP contribution in [-0.2, 0) is 0 Å². The summed E-state index contributed by atoms with van der Waals surface area (Å²) in [6.45, 7) is 0. The van der Waals surface area contributed by atoms with Crippen molar-refractivity contribution in [2.24, 2.45) is 0 Å². The second-order valence-corrected chi connectivity index (χ2v) is 2.98. The molecule has 0 aliphatic carbocycles. The molecule has 2 rings (SSSR count). The average molecular weight is 165 g/mol. The lowest BCUT2D eigenvalue weighted by Crippen LogP contribution is -1.89. The summed E-state index contributed by atoms with van der Waals surface area (Å²) >= 11 is 1.53. The van der Waals surface area contributed by atoms with Crippen LogP contribution in [0.4, 0.5) is 5.82 Å². The van der Waals surface area contributed by atoms with E-state index in [0.717, 1.165) is 5.13 Å². The second kappa shape index (κ2) is 2.39. The zero-order valence-electron chi connectivity index (χ0n) is 5.77. The van der Waals surface area contributed by atoms with E-state index in [9.17, 15) is 0 Å². The van der Waals surface area contributed by atoms with E-state index in [0.29, 0.717) is 5.82 Å². The molecule has 11 heavy (non-hydrogen) atoms. The molecule has 0 spiro atoms. The van der Waals surface area contributed by atoms with E-state index in [4.69, 9.17) is 5.73 Å². The van der Waals surface area contributed by atoms with Crippen molar-refractivity contribution in [2.45, 2.75) is 0 Å². The van der Waals surface area contributed by atoms with Gasteiger partial charge in [0, 0.05) is 17.8 Å². The van der Waals surface area contributed by atoms with Crippen molar-refractivity contribution < 1.29 is 0 Å². The Morgan fingerprint density at radius 2 is 2.09 bits per heavy atom. The maximum absolute atomic E-state index is 5.47. The molecule has 2 N–H and O–H groups in total. The van der Waals surface area contributed by atoms with E-state index >= 15 is 0 Å². The van der Waals surface area contributed by atoms with Crippen LogP contribution in [0.3, 0.4) is 0 Å². The number of aromatic nitrogens is 2. The molecule has 4 heteroatoms. The molecule has 0 radical (unpaired) electrons. The topological polar surface area (TPSA) is 43.8 Å². The molecule has 0 saturated carbocycles. The minimum Gasteiger partial charge on any atom is -0.383 e. The summed E-state index contributed by atoms with van der Waals surface area (Å²) in [5.41, 5.74) is 5.47. The predicted molar refractivity (Wildman–Crippen MR) is 45.9 cm³/mol. The first-order valence-electron chi connectivity index (χ1n) is 3.20. The van der Waals surface area contributed by atoms with Gasteiger partial charge in [-0.3, -0.25) is 0 Å². The van der Waals surface area contributed by atoms with E-state index in [1.54, 1.807) is 0 Å². The molecule has 0 unspecified atom stereocenters. The van der Waals surface area contributed by atoms with Gasteiger partial charge in [-0.25, -0.2) is 4.98 Å². The van der Waals surface area contributed by atoms with Crippen LogP contribution in [0.2, 0.25) is 0 Å². The van der Waals surface area contributed by atoms with Gasteiger partial charge in [0.1, 0.15) is 5.82 Å². The van der Waals surface area contributed by atoms with Crippen LogP contribution in [-0.4, -0.2) is 9.55 Å². The molecule has 0 amide bonds. The Hall–Kier alpha value is -1.29. The largest absolute Gasteiger partial charge is 0.383 e. The summed E-state index contributed by atoms with van der Waals surface area (Å²) in [6, 6.07) is 3.91. The van der Waals surface area contributed by atoms with E-state index in [1.807, 2.05) is 34.5 Å². The van der Waals surface area contributed by atoms with Crippen LogP contribution < -0.4 is 5.73 Å². The van der Waals surface area contributed by atoms with Crippen LogP contribution in [0, 0.1) is 0 Å². The van der Waals surface area contributed by atoms with Gasteiger partial charge in [0.15, 0.2) is 5.13 Å². The van der Waals surface area contributed by atoms with E-state index in [-0.39, 0.29) is 0 Å². The third kappa shape index (κ3) is 1.12. The summed E-state index contributed by atoms with van der Waals surface area (Å²) in [5, 5.41) is 2.74. The Morgan fingerprint density at radius 3 is 2.64 bits per heavy atom. The summed E-state index contributed by atoms with van der Waals surface area (Å²) in [6.07, 6.45) is 3.89. The van der Waals surface area contributed by atoms with E-state index < -0.39 is 0 Å². The quantitative estimate of drug-likeness (QED) is 0.696. The molecule has 2 aromatic rings. The lowest BCUT2D eigenvalue weighted by Gasteiger charge is -1.92. The molecule has 0 bridgehead atoms. The first-order chi connectivity index (χ1) is 5.36. The Labute approximate surface area is 68.1 Å². The number of thiazole rings is 1. The smallest absolute Gasteiger partial charge is 0.195 e. The molecule has 3 nitrogen and oxygen atoms in total. The molecule has 0 aliphatic rings. The zero-order valence-corrected chi connectivity index (χ0v) is 6.58. The monoisotopic (exact) mass is 165 g/mol. The van der Waals surface area contributed by atoms with Crippen molar-refractivity contribution in [1.82, 2.24) is 9.55 Å². The highest BCUT2D eigenvalue weighted by molar-refractivity contribution is 7.12. The van der Waals surface area contributed by atoms with Crippen molar-refractivity contribution in [3.05, 3.63) is 29.9 Å². The zero-order chi connectivity index (χ0) is 7.68. The van der Waals surface area contributed by atoms with Gasteiger partial charge in [-0.05, 0) is 12.1 Å². The molecule has 56 valence electrons. The number of hydrogen-bond donors (Lipinski definition) is 1. The molecule has 0 aromatic carbocycles. The van der Waals surface area contributed by atoms with Gasteiger partial charge >= 0.3 is 0 Å². The van der Waals surface area contributed by atoms with Gasteiger partial charge in [0.2, 0.25) is 0 Å². The second-order valence-electron chi connectivity index (χ2n) is 2.15. The van der Waals surface area contributed by atoms with Crippen molar-refractivity contribution >= 4 is 17.2 Å². The maximum atomic E-state index is 5.47. The normalized spacial score (nSPS) is 10.2. The lowest BCUT2D eigenvalue weighted by atomic mass is 10.7. The SMILES string of the molecule is Nc1csc(-n2cccc2)n1. The molecule has 0 saturated heterocycles. The number of nitrogens with two attached hydrogens (primary N) is 1. The maximum Gasteiger partial charge on any atom is 0.195 e. The highest BCUT2D eigenvalue weighted by atomic mass is 32.1. The van der Waals surface area contributed by atoms with Crippen molar-refractivity contribution in [1.29, 1.82) is 0 Å². The summed E-state index contributed by atoms with van der Waals surface area (Å²) in [5.74, 6) is 0.582. The number of nitrogen functional groups attached to an aromatic ring is 1. The van der Waals surface area contributed by atoms with Gasteiger partial charge in [0.25, 0.3) is 0 Å². The van der Waals surface area contributed by atoms with Crippen molar-refractivity contribution in [3.63, 3.8) is 0 Å². The Bertz CT molecular complexity index is 336. The number of rotatable bonds is 1. The fourth-order valence-electron chi connectivity index (χ4n) is 0.857. The third-order valence-electron chi connectivity index (χ3n) is 1.34. The fourth-order valence-corrected chi connectivity index (χ4v) is 1.54. The molecule has 2 heterocycles. The predicted octanol–water partition coefficient (Wildman–Crippen LogP) is 1.52. The summed E-state index contributed by atoms with van der Waals surface area (Å²) in [7, 11) is 0.